The predicted molar refractivity (Wildman–Crippen MR) is 87.7 cm³/mol. The summed E-state index contributed by atoms with van der Waals surface area (Å²) < 4.78 is 5.01. The molecular weight excluding hydrogens is 290 g/mol. The fourth-order valence-electron chi connectivity index (χ4n) is 2.55. The Morgan fingerprint density at radius 2 is 2.15 bits per heavy atom. The van der Waals surface area contributed by atoms with Crippen molar-refractivity contribution in [3.63, 3.8) is 0 Å². The van der Waals surface area contributed by atoms with Gasteiger partial charge in [-0.15, -0.1) is 11.8 Å². The lowest BCUT2D eigenvalue weighted by molar-refractivity contribution is 0.199. The van der Waals surface area contributed by atoms with Crippen LogP contribution in [0.4, 0.5) is 0 Å². The zero-order valence-electron chi connectivity index (χ0n) is 12.2. The standard InChI is InChI=1S/C16H24ClNOS/c1-19-9-8-18-11-14-6-7-15(10-16(14)17)20-12-13-4-2-3-5-13/h6-7,10,13,18H,2-5,8-9,11-12H2,1H3. The summed E-state index contributed by atoms with van der Waals surface area (Å²) in [5.74, 6) is 2.15. The van der Waals surface area contributed by atoms with Gasteiger partial charge in [-0.05, 0) is 36.5 Å². The van der Waals surface area contributed by atoms with Gasteiger partial charge in [0.1, 0.15) is 0 Å². The quantitative estimate of drug-likeness (QED) is 0.569. The van der Waals surface area contributed by atoms with E-state index < -0.39 is 0 Å². The predicted octanol–water partition coefficient (Wildman–Crippen LogP) is 4.36. The Bertz CT molecular complexity index is 407. The second-order valence-electron chi connectivity index (χ2n) is 5.38. The minimum absolute atomic E-state index is 0.729. The van der Waals surface area contributed by atoms with E-state index in [1.807, 2.05) is 11.8 Å². The summed E-state index contributed by atoms with van der Waals surface area (Å²) in [6.07, 6.45) is 5.64. The van der Waals surface area contributed by atoms with Crippen LogP contribution in [0, 0.1) is 5.92 Å². The van der Waals surface area contributed by atoms with Gasteiger partial charge in [-0.1, -0.05) is 30.5 Å². The molecular formula is C16H24ClNOS. The number of rotatable bonds is 8. The highest BCUT2D eigenvalue weighted by molar-refractivity contribution is 7.99. The summed E-state index contributed by atoms with van der Waals surface area (Å²) in [6, 6.07) is 6.44. The van der Waals surface area contributed by atoms with Crippen LogP contribution in [0.1, 0.15) is 31.2 Å². The molecule has 0 radical (unpaired) electrons. The molecule has 0 bridgehead atoms. The highest BCUT2D eigenvalue weighted by Crippen LogP contribution is 2.32. The van der Waals surface area contributed by atoms with Gasteiger partial charge in [0.05, 0.1) is 6.61 Å². The minimum atomic E-state index is 0.729. The molecule has 1 saturated carbocycles. The second kappa shape index (κ2) is 8.93. The van der Waals surface area contributed by atoms with Crippen molar-refractivity contribution in [3.05, 3.63) is 28.8 Å². The van der Waals surface area contributed by atoms with Gasteiger partial charge in [0.25, 0.3) is 0 Å². The third-order valence-corrected chi connectivity index (χ3v) is 5.36. The first kappa shape index (κ1) is 16.2. The van der Waals surface area contributed by atoms with E-state index in [2.05, 4.69) is 23.5 Å². The summed E-state index contributed by atoms with van der Waals surface area (Å²) in [7, 11) is 1.71. The largest absolute Gasteiger partial charge is 0.383 e. The molecule has 0 atom stereocenters. The van der Waals surface area contributed by atoms with Crippen molar-refractivity contribution < 1.29 is 4.74 Å². The van der Waals surface area contributed by atoms with E-state index in [-0.39, 0.29) is 0 Å². The summed E-state index contributed by atoms with van der Waals surface area (Å²) in [5, 5.41) is 4.19. The Morgan fingerprint density at radius 3 is 2.85 bits per heavy atom. The van der Waals surface area contributed by atoms with E-state index in [4.69, 9.17) is 16.3 Å². The van der Waals surface area contributed by atoms with Crippen LogP contribution in [-0.4, -0.2) is 26.0 Å². The van der Waals surface area contributed by atoms with E-state index in [0.717, 1.165) is 36.2 Å². The summed E-state index contributed by atoms with van der Waals surface area (Å²) in [6.45, 7) is 2.38. The Labute approximate surface area is 131 Å². The Kier molecular flexibility index (Phi) is 7.22. The molecule has 0 saturated heterocycles. The third-order valence-electron chi connectivity index (χ3n) is 3.78. The molecule has 2 rings (SSSR count). The van der Waals surface area contributed by atoms with Crippen molar-refractivity contribution >= 4 is 23.4 Å². The summed E-state index contributed by atoms with van der Waals surface area (Å²) in [4.78, 5) is 1.29. The number of nitrogens with one attached hydrogen (secondary N) is 1. The van der Waals surface area contributed by atoms with Gasteiger partial charge in [0.2, 0.25) is 0 Å². The average molecular weight is 314 g/mol. The smallest absolute Gasteiger partial charge is 0.0587 e. The van der Waals surface area contributed by atoms with Crippen LogP contribution in [0.25, 0.3) is 0 Å². The summed E-state index contributed by atoms with van der Waals surface area (Å²) >= 11 is 8.30. The maximum Gasteiger partial charge on any atom is 0.0587 e. The number of halogens is 1. The molecule has 0 spiro atoms. The highest BCUT2D eigenvalue weighted by atomic mass is 35.5. The number of ether oxygens (including phenoxy) is 1. The molecule has 1 aliphatic rings. The van der Waals surface area contributed by atoms with E-state index in [0.29, 0.717) is 0 Å². The molecule has 0 unspecified atom stereocenters. The number of hydrogen-bond acceptors (Lipinski definition) is 3. The first-order valence-electron chi connectivity index (χ1n) is 7.40. The first-order valence-corrected chi connectivity index (χ1v) is 8.77. The van der Waals surface area contributed by atoms with Crippen LogP contribution in [0.2, 0.25) is 5.02 Å². The van der Waals surface area contributed by atoms with E-state index >= 15 is 0 Å². The van der Waals surface area contributed by atoms with Gasteiger partial charge in [-0.25, -0.2) is 0 Å². The molecule has 4 heteroatoms. The summed E-state index contributed by atoms with van der Waals surface area (Å²) in [5.41, 5.74) is 1.16. The van der Waals surface area contributed by atoms with Crippen LogP contribution in [0.15, 0.2) is 23.1 Å². The fourth-order valence-corrected chi connectivity index (χ4v) is 3.99. The number of benzene rings is 1. The van der Waals surface area contributed by atoms with Gasteiger partial charge < -0.3 is 10.1 Å². The zero-order chi connectivity index (χ0) is 14.2. The molecule has 1 fully saturated rings. The van der Waals surface area contributed by atoms with Crippen LogP contribution >= 0.6 is 23.4 Å². The molecule has 1 N–H and O–H groups in total. The number of methoxy groups -OCH3 is 1. The Balaban J connectivity index is 1.78. The maximum absolute atomic E-state index is 6.35. The average Bonchev–Trinajstić information content (AvgIpc) is 2.96. The fraction of sp³-hybridized carbons (Fsp3) is 0.625. The van der Waals surface area contributed by atoms with E-state index in [1.54, 1.807) is 7.11 Å². The lowest BCUT2D eigenvalue weighted by atomic mass is 10.1. The number of hydrogen-bond donors (Lipinski definition) is 1. The van der Waals surface area contributed by atoms with Gasteiger partial charge in [0, 0.05) is 35.9 Å². The van der Waals surface area contributed by atoms with Crippen LogP contribution < -0.4 is 5.32 Å². The molecule has 0 heterocycles. The Hall–Kier alpha value is -0.220. The van der Waals surface area contributed by atoms with Crippen LogP contribution in [-0.2, 0) is 11.3 Å². The van der Waals surface area contributed by atoms with Crippen LogP contribution in [0.3, 0.4) is 0 Å². The SMILES string of the molecule is COCCNCc1ccc(SCC2CCCC2)cc1Cl. The number of thioether (sulfide) groups is 1. The molecule has 112 valence electrons. The molecule has 1 aromatic rings. The van der Waals surface area contributed by atoms with E-state index in [9.17, 15) is 0 Å². The molecule has 20 heavy (non-hydrogen) atoms. The lowest BCUT2D eigenvalue weighted by Gasteiger charge is -2.10. The van der Waals surface area contributed by atoms with Crippen molar-refractivity contribution in [3.8, 4) is 0 Å². The minimum Gasteiger partial charge on any atom is -0.383 e. The zero-order valence-corrected chi connectivity index (χ0v) is 13.7. The van der Waals surface area contributed by atoms with Crippen molar-refractivity contribution in [1.82, 2.24) is 5.32 Å². The van der Waals surface area contributed by atoms with Crippen molar-refractivity contribution in [2.45, 2.75) is 37.1 Å². The Morgan fingerprint density at radius 1 is 1.35 bits per heavy atom. The van der Waals surface area contributed by atoms with Gasteiger partial charge in [0.15, 0.2) is 0 Å². The topological polar surface area (TPSA) is 21.3 Å². The molecule has 0 aliphatic heterocycles. The monoisotopic (exact) mass is 313 g/mol. The van der Waals surface area contributed by atoms with Crippen molar-refractivity contribution in [2.75, 3.05) is 26.0 Å². The van der Waals surface area contributed by atoms with Gasteiger partial charge in [-0.3, -0.25) is 0 Å². The third kappa shape index (κ3) is 5.28. The molecule has 1 aliphatic carbocycles. The van der Waals surface area contributed by atoms with Crippen molar-refractivity contribution in [2.24, 2.45) is 5.92 Å². The highest BCUT2D eigenvalue weighted by Gasteiger charge is 2.15. The molecule has 0 aromatic heterocycles. The first-order chi connectivity index (χ1) is 9.79. The molecule has 0 amide bonds. The molecule has 2 nitrogen and oxygen atoms in total. The van der Waals surface area contributed by atoms with E-state index in [1.165, 1.54) is 36.3 Å². The van der Waals surface area contributed by atoms with Gasteiger partial charge in [-0.2, -0.15) is 0 Å². The van der Waals surface area contributed by atoms with Crippen molar-refractivity contribution in [1.29, 1.82) is 0 Å². The normalized spacial score (nSPS) is 15.9. The molecule has 1 aromatic carbocycles. The van der Waals surface area contributed by atoms with Crippen LogP contribution in [0.5, 0.6) is 0 Å². The lowest BCUT2D eigenvalue weighted by Crippen LogP contribution is -2.18. The maximum atomic E-state index is 6.35. The second-order valence-corrected chi connectivity index (χ2v) is 6.88. The van der Waals surface area contributed by atoms with Gasteiger partial charge >= 0.3 is 0 Å².